The maximum atomic E-state index is 11.7. The molecule has 2 aromatic rings. The van der Waals surface area contributed by atoms with Gasteiger partial charge in [0.25, 0.3) is 0 Å². The first-order valence-electron chi connectivity index (χ1n) is 6.97. The van der Waals surface area contributed by atoms with Crippen molar-refractivity contribution in [1.29, 1.82) is 0 Å². The third-order valence-corrected chi connectivity index (χ3v) is 3.16. The summed E-state index contributed by atoms with van der Waals surface area (Å²) in [6.07, 6.45) is -0.861. The summed E-state index contributed by atoms with van der Waals surface area (Å²) in [5.74, 6) is 1.93. The third kappa shape index (κ3) is 4.53. The lowest BCUT2D eigenvalue weighted by atomic mass is 10.2. The van der Waals surface area contributed by atoms with Crippen molar-refractivity contribution in [1.82, 2.24) is 10.6 Å². The van der Waals surface area contributed by atoms with Crippen LogP contribution in [0, 0.1) is 6.92 Å². The molecular formula is C16H20N2O4. The first kappa shape index (κ1) is 15.9. The maximum absolute atomic E-state index is 11.7. The zero-order valence-corrected chi connectivity index (χ0v) is 12.6. The van der Waals surface area contributed by atoms with Gasteiger partial charge < -0.3 is 24.9 Å². The van der Waals surface area contributed by atoms with Crippen LogP contribution in [0.25, 0.3) is 0 Å². The molecule has 0 aliphatic heterocycles. The predicted octanol–water partition coefficient (Wildman–Crippen LogP) is 2.13. The summed E-state index contributed by atoms with van der Waals surface area (Å²) in [4.78, 5) is 11.7. The molecule has 6 heteroatoms. The smallest absolute Gasteiger partial charge is 0.315 e. The molecule has 0 aliphatic carbocycles. The lowest BCUT2D eigenvalue weighted by Gasteiger charge is -2.11. The molecule has 0 saturated carbocycles. The molecule has 118 valence electrons. The number of ether oxygens (including phenoxy) is 1. The first-order valence-corrected chi connectivity index (χ1v) is 6.97. The number of nitrogens with one attached hydrogen (secondary N) is 2. The molecule has 22 heavy (non-hydrogen) atoms. The Labute approximate surface area is 129 Å². The maximum Gasteiger partial charge on any atom is 0.315 e. The van der Waals surface area contributed by atoms with Gasteiger partial charge in [0.2, 0.25) is 0 Å². The van der Waals surface area contributed by atoms with Gasteiger partial charge in [0, 0.05) is 6.54 Å². The molecule has 0 fully saturated rings. The van der Waals surface area contributed by atoms with Gasteiger partial charge in [-0.1, -0.05) is 12.1 Å². The highest BCUT2D eigenvalue weighted by molar-refractivity contribution is 5.73. The summed E-state index contributed by atoms with van der Waals surface area (Å²) >= 11 is 0. The molecule has 0 aliphatic rings. The van der Waals surface area contributed by atoms with E-state index in [1.54, 1.807) is 26.2 Å². The van der Waals surface area contributed by atoms with Crippen molar-refractivity contribution in [2.24, 2.45) is 0 Å². The van der Waals surface area contributed by atoms with E-state index in [4.69, 9.17) is 9.15 Å². The van der Waals surface area contributed by atoms with Crippen LogP contribution in [0.15, 0.2) is 40.8 Å². The van der Waals surface area contributed by atoms with Gasteiger partial charge in [-0.25, -0.2) is 4.79 Å². The van der Waals surface area contributed by atoms with Gasteiger partial charge in [-0.05, 0) is 36.8 Å². The van der Waals surface area contributed by atoms with Gasteiger partial charge in [0.15, 0.2) is 0 Å². The van der Waals surface area contributed by atoms with Crippen LogP contribution in [-0.4, -0.2) is 24.8 Å². The number of carbonyl (C=O) groups is 1. The van der Waals surface area contributed by atoms with E-state index in [0.29, 0.717) is 12.3 Å². The molecular weight excluding hydrogens is 284 g/mol. The number of hydrogen-bond donors (Lipinski definition) is 3. The van der Waals surface area contributed by atoms with Crippen molar-refractivity contribution >= 4 is 6.03 Å². The predicted molar refractivity (Wildman–Crippen MR) is 81.6 cm³/mol. The van der Waals surface area contributed by atoms with Crippen molar-refractivity contribution < 1.29 is 19.1 Å². The van der Waals surface area contributed by atoms with Crippen LogP contribution >= 0.6 is 0 Å². The monoisotopic (exact) mass is 304 g/mol. The normalized spacial score (nSPS) is 11.8. The van der Waals surface area contributed by atoms with Gasteiger partial charge in [-0.2, -0.15) is 0 Å². The van der Waals surface area contributed by atoms with Crippen LogP contribution in [0.1, 0.15) is 23.2 Å². The van der Waals surface area contributed by atoms with E-state index < -0.39 is 6.10 Å². The molecule has 1 unspecified atom stereocenters. The van der Waals surface area contributed by atoms with Gasteiger partial charge in [0.05, 0.1) is 13.7 Å². The lowest BCUT2D eigenvalue weighted by Crippen LogP contribution is -2.37. The van der Waals surface area contributed by atoms with Gasteiger partial charge in [-0.3, -0.25) is 0 Å². The summed E-state index contributed by atoms with van der Waals surface area (Å²) in [6.45, 7) is 2.28. The summed E-state index contributed by atoms with van der Waals surface area (Å²) in [6, 6.07) is 10.5. The van der Waals surface area contributed by atoms with E-state index in [1.165, 1.54) is 0 Å². The minimum atomic E-state index is -0.861. The average Bonchev–Trinajstić information content (AvgIpc) is 2.97. The fraction of sp³-hybridized carbons (Fsp3) is 0.312. The molecule has 6 nitrogen and oxygen atoms in total. The molecule has 2 rings (SSSR count). The number of rotatable bonds is 6. The van der Waals surface area contributed by atoms with Gasteiger partial charge in [-0.15, -0.1) is 0 Å². The fourth-order valence-electron chi connectivity index (χ4n) is 1.91. The number of furan rings is 1. The van der Waals surface area contributed by atoms with E-state index in [2.05, 4.69) is 10.6 Å². The molecule has 1 aromatic carbocycles. The van der Waals surface area contributed by atoms with Gasteiger partial charge >= 0.3 is 6.03 Å². The summed E-state index contributed by atoms with van der Waals surface area (Å²) in [5, 5.41) is 15.2. The number of aliphatic hydroxyl groups excluding tert-OH is 1. The highest BCUT2D eigenvalue weighted by Crippen LogP contribution is 2.15. The number of amides is 2. The lowest BCUT2D eigenvalue weighted by molar-refractivity contribution is 0.146. The van der Waals surface area contributed by atoms with E-state index in [1.807, 2.05) is 24.3 Å². The number of hydrogen-bond acceptors (Lipinski definition) is 4. The number of aryl methyl sites for hydroxylation is 1. The molecule has 0 saturated heterocycles. The van der Waals surface area contributed by atoms with Gasteiger partial charge in [0.1, 0.15) is 23.4 Å². The molecule has 1 aromatic heterocycles. The summed E-state index contributed by atoms with van der Waals surface area (Å²) in [7, 11) is 1.60. The van der Waals surface area contributed by atoms with Crippen LogP contribution in [0.2, 0.25) is 0 Å². The quantitative estimate of drug-likeness (QED) is 0.763. The Bertz CT molecular complexity index is 607. The van der Waals surface area contributed by atoms with Crippen molar-refractivity contribution in [3.05, 3.63) is 53.5 Å². The average molecular weight is 304 g/mol. The van der Waals surface area contributed by atoms with Crippen LogP contribution in [-0.2, 0) is 6.54 Å². The Balaban J connectivity index is 1.73. The van der Waals surface area contributed by atoms with E-state index in [9.17, 15) is 9.90 Å². The Morgan fingerprint density at radius 3 is 2.55 bits per heavy atom. The second-order valence-electron chi connectivity index (χ2n) is 4.88. The minimum absolute atomic E-state index is 0.0847. The van der Waals surface area contributed by atoms with Crippen molar-refractivity contribution in [3.8, 4) is 5.75 Å². The second-order valence-corrected chi connectivity index (χ2v) is 4.88. The van der Waals surface area contributed by atoms with Crippen LogP contribution in [0.5, 0.6) is 5.75 Å². The third-order valence-electron chi connectivity index (χ3n) is 3.16. The first-order chi connectivity index (χ1) is 10.6. The number of methoxy groups -OCH3 is 1. The zero-order chi connectivity index (χ0) is 15.9. The fourth-order valence-corrected chi connectivity index (χ4v) is 1.91. The Morgan fingerprint density at radius 1 is 1.23 bits per heavy atom. The van der Waals surface area contributed by atoms with Crippen LogP contribution in [0.3, 0.4) is 0 Å². The highest BCUT2D eigenvalue weighted by atomic mass is 16.5. The van der Waals surface area contributed by atoms with Crippen LogP contribution in [0.4, 0.5) is 4.79 Å². The number of benzene rings is 1. The van der Waals surface area contributed by atoms with Crippen molar-refractivity contribution in [2.75, 3.05) is 13.7 Å². The van der Waals surface area contributed by atoms with E-state index in [0.717, 1.165) is 17.1 Å². The molecule has 3 N–H and O–H groups in total. The Kier molecular flexibility index (Phi) is 5.43. The molecule has 0 spiro atoms. The molecule has 0 radical (unpaired) electrons. The van der Waals surface area contributed by atoms with Crippen LogP contribution < -0.4 is 15.4 Å². The largest absolute Gasteiger partial charge is 0.497 e. The Hall–Kier alpha value is -2.47. The van der Waals surface area contributed by atoms with E-state index >= 15 is 0 Å². The molecule has 1 atom stereocenters. The van der Waals surface area contributed by atoms with E-state index in [-0.39, 0.29) is 12.6 Å². The number of carbonyl (C=O) groups excluding carboxylic acids is 1. The molecule has 2 amide bonds. The standard InChI is InChI=1S/C16H20N2O4/c1-11-3-8-15(22-11)14(19)10-18-16(20)17-9-12-4-6-13(21-2)7-5-12/h3-8,14,19H,9-10H2,1-2H3,(H2,17,18,20). The minimum Gasteiger partial charge on any atom is -0.497 e. The highest BCUT2D eigenvalue weighted by Gasteiger charge is 2.12. The zero-order valence-electron chi connectivity index (χ0n) is 12.6. The Morgan fingerprint density at radius 2 is 1.95 bits per heavy atom. The SMILES string of the molecule is COc1ccc(CNC(=O)NCC(O)c2ccc(C)o2)cc1. The second kappa shape index (κ2) is 7.51. The molecule has 1 heterocycles. The summed E-state index contributed by atoms with van der Waals surface area (Å²) < 4.78 is 10.4. The van der Waals surface area contributed by atoms with Crippen molar-refractivity contribution in [3.63, 3.8) is 0 Å². The number of urea groups is 1. The summed E-state index contributed by atoms with van der Waals surface area (Å²) in [5.41, 5.74) is 0.957. The molecule has 0 bridgehead atoms. The number of aliphatic hydroxyl groups is 1. The van der Waals surface area contributed by atoms with Crippen molar-refractivity contribution in [2.45, 2.75) is 19.6 Å². The topological polar surface area (TPSA) is 83.7 Å².